The van der Waals surface area contributed by atoms with Crippen molar-refractivity contribution in [2.45, 2.75) is 12.8 Å². The Morgan fingerprint density at radius 1 is 1.03 bits per heavy atom. The van der Waals surface area contributed by atoms with E-state index in [9.17, 15) is 9.59 Å². The van der Waals surface area contributed by atoms with Crippen LogP contribution in [-0.4, -0.2) is 25.4 Å². The van der Waals surface area contributed by atoms with Gasteiger partial charge in [0.05, 0.1) is 17.8 Å². The maximum absolute atomic E-state index is 12.8. The smallest absolute Gasteiger partial charge is 0.262 e. The third-order valence-corrected chi connectivity index (χ3v) is 5.58. The van der Waals surface area contributed by atoms with Crippen LogP contribution < -0.4 is 14.8 Å². The van der Waals surface area contributed by atoms with E-state index in [0.717, 1.165) is 28.7 Å². The highest BCUT2D eigenvalue weighted by atomic mass is 35.5. The number of anilines is 1. The quantitative estimate of drug-likeness (QED) is 0.501. The predicted octanol–water partition coefficient (Wildman–Crippen LogP) is 5.58. The summed E-state index contributed by atoms with van der Waals surface area (Å²) in [6.45, 7) is -0.197. The highest BCUT2D eigenvalue weighted by molar-refractivity contribution is 6.33. The molecule has 32 heavy (non-hydrogen) atoms. The number of hydrogen-bond acceptors (Lipinski definition) is 4. The summed E-state index contributed by atoms with van der Waals surface area (Å²) in [7, 11) is 1.53. The molecular formula is C26H22ClNO4. The van der Waals surface area contributed by atoms with E-state index >= 15 is 0 Å². The summed E-state index contributed by atoms with van der Waals surface area (Å²) in [4.78, 5) is 25.0. The van der Waals surface area contributed by atoms with Crippen LogP contribution in [0, 0.1) is 0 Å². The number of amides is 1. The number of aryl methyl sites for hydroxylation is 1. The fraction of sp³-hybridized carbons (Fsp3) is 0.154. The first kappa shape index (κ1) is 21.7. The van der Waals surface area contributed by atoms with E-state index in [1.807, 2.05) is 36.4 Å². The molecule has 0 bridgehead atoms. The molecule has 4 rings (SSSR count). The fourth-order valence-corrected chi connectivity index (χ4v) is 3.82. The molecule has 3 aromatic carbocycles. The number of benzene rings is 3. The maximum Gasteiger partial charge on any atom is 0.262 e. The number of nitrogens with one attached hydrogen (secondary N) is 1. The van der Waals surface area contributed by atoms with Gasteiger partial charge in [-0.15, -0.1) is 0 Å². The van der Waals surface area contributed by atoms with Gasteiger partial charge >= 0.3 is 0 Å². The van der Waals surface area contributed by atoms with E-state index in [0.29, 0.717) is 28.6 Å². The molecule has 0 aromatic heterocycles. The Bertz CT molecular complexity index is 1200. The van der Waals surface area contributed by atoms with E-state index in [1.54, 1.807) is 36.4 Å². The topological polar surface area (TPSA) is 64.6 Å². The lowest BCUT2D eigenvalue weighted by molar-refractivity contribution is -0.118. The van der Waals surface area contributed by atoms with Crippen molar-refractivity contribution < 1.29 is 19.1 Å². The zero-order valence-electron chi connectivity index (χ0n) is 17.6. The molecule has 6 heteroatoms. The number of halogens is 1. The molecule has 1 N–H and O–H groups in total. The Hall–Kier alpha value is -3.57. The van der Waals surface area contributed by atoms with Crippen molar-refractivity contribution in [3.63, 3.8) is 0 Å². The van der Waals surface area contributed by atoms with Gasteiger partial charge in [-0.25, -0.2) is 0 Å². The Morgan fingerprint density at radius 2 is 1.81 bits per heavy atom. The molecule has 0 fully saturated rings. The number of allylic oxidation sites excluding steroid dienone is 1. The van der Waals surface area contributed by atoms with Gasteiger partial charge in [-0.05, 0) is 54.3 Å². The Morgan fingerprint density at radius 3 is 2.62 bits per heavy atom. The number of fused-ring (bicyclic) bond motifs is 1. The minimum absolute atomic E-state index is 0.0578. The average Bonchev–Trinajstić information content (AvgIpc) is 2.81. The van der Waals surface area contributed by atoms with Gasteiger partial charge in [0.2, 0.25) is 0 Å². The summed E-state index contributed by atoms with van der Waals surface area (Å²) >= 11 is 6.06. The van der Waals surface area contributed by atoms with Crippen LogP contribution in [0.4, 0.5) is 5.69 Å². The molecule has 3 aromatic rings. The minimum Gasteiger partial charge on any atom is -0.493 e. The second kappa shape index (κ2) is 9.71. The van der Waals surface area contributed by atoms with Gasteiger partial charge in [0.1, 0.15) is 0 Å². The number of Topliss-reactive ketones (excluding diaryl/α,β-unsaturated/α-hetero) is 1. The van der Waals surface area contributed by atoms with E-state index in [2.05, 4.69) is 5.32 Å². The third-order valence-electron chi connectivity index (χ3n) is 5.25. The van der Waals surface area contributed by atoms with Gasteiger partial charge in [-0.1, -0.05) is 54.1 Å². The summed E-state index contributed by atoms with van der Waals surface area (Å²) in [5, 5.41) is 3.17. The minimum atomic E-state index is -0.335. The second-order valence-corrected chi connectivity index (χ2v) is 7.79. The molecule has 0 radical (unpaired) electrons. The molecule has 0 heterocycles. The number of ketones is 1. The van der Waals surface area contributed by atoms with Crippen LogP contribution in [0.1, 0.15) is 27.9 Å². The third kappa shape index (κ3) is 4.84. The SMILES string of the molecule is COc1cc(/C=C2\CCc3ccccc3C2=O)ccc1OCC(=O)Nc1ccccc1Cl. The number of carbonyl (C=O) groups is 2. The number of ether oxygens (including phenoxy) is 2. The summed E-state index contributed by atoms with van der Waals surface area (Å²) in [5.74, 6) is 0.637. The average molecular weight is 448 g/mol. The zero-order valence-corrected chi connectivity index (χ0v) is 18.3. The van der Waals surface area contributed by atoms with Crippen LogP contribution >= 0.6 is 11.6 Å². The molecule has 1 aliphatic carbocycles. The first-order chi connectivity index (χ1) is 15.5. The first-order valence-electron chi connectivity index (χ1n) is 10.2. The second-order valence-electron chi connectivity index (χ2n) is 7.38. The van der Waals surface area contributed by atoms with Gasteiger partial charge in [0.25, 0.3) is 5.91 Å². The number of para-hydroxylation sites is 1. The van der Waals surface area contributed by atoms with Crippen molar-refractivity contribution in [1.82, 2.24) is 0 Å². The lowest BCUT2D eigenvalue weighted by Crippen LogP contribution is -2.20. The summed E-state index contributed by atoms with van der Waals surface area (Å²) < 4.78 is 11.1. The van der Waals surface area contributed by atoms with E-state index in [-0.39, 0.29) is 18.3 Å². The van der Waals surface area contributed by atoms with Crippen molar-refractivity contribution in [2.24, 2.45) is 0 Å². The molecule has 1 amide bonds. The zero-order chi connectivity index (χ0) is 22.5. The Balaban J connectivity index is 1.45. The van der Waals surface area contributed by atoms with Crippen LogP contribution in [-0.2, 0) is 11.2 Å². The molecule has 162 valence electrons. The molecule has 0 saturated heterocycles. The van der Waals surface area contributed by atoms with Crippen LogP contribution in [0.3, 0.4) is 0 Å². The lowest BCUT2D eigenvalue weighted by atomic mass is 9.86. The van der Waals surface area contributed by atoms with Crippen molar-refractivity contribution in [1.29, 1.82) is 0 Å². The van der Waals surface area contributed by atoms with E-state index in [4.69, 9.17) is 21.1 Å². The van der Waals surface area contributed by atoms with Gasteiger partial charge < -0.3 is 14.8 Å². The Kier molecular flexibility index (Phi) is 6.57. The number of carbonyl (C=O) groups excluding carboxylic acids is 2. The number of hydrogen-bond donors (Lipinski definition) is 1. The van der Waals surface area contributed by atoms with Crippen LogP contribution in [0.5, 0.6) is 11.5 Å². The van der Waals surface area contributed by atoms with Gasteiger partial charge in [0.15, 0.2) is 23.9 Å². The monoisotopic (exact) mass is 447 g/mol. The van der Waals surface area contributed by atoms with Crippen molar-refractivity contribution in [2.75, 3.05) is 19.0 Å². The van der Waals surface area contributed by atoms with Crippen molar-refractivity contribution in [3.8, 4) is 11.5 Å². The summed E-state index contributed by atoms with van der Waals surface area (Å²) in [6, 6.07) is 20.1. The largest absolute Gasteiger partial charge is 0.493 e. The standard InChI is InChI=1S/C26H22ClNO4/c1-31-24-15-17(14-19-12-11-18-6-2-3-7-20(18)26(19)30)10-13-23(24)32-16-25(29)28-22-9-5-4-8-21(22)27/h2-10,13-15H,11-12,16H2,1H3,(H,28,29)/b19-14+. The van der Waals surface area contributed by atoms with Gasteiger partial charge in [0, 0.05) is 11.1 Å². The highest BCUT2D eigenvalue weighted by Crippen LogP contribution is 2.31. The van der Waals surface area contributed by atoms with Gasteiger partial charge in [-0.2, -0.15) is 0 Å². The van der Waals surface area contributed by atoms with Crippen molar-refractivity contribution >= 4 is 35.1 Å². The lowest BCUT2D eigenvalue weighted by Gasteiger charge is -2.17. The molecule has 5 nitrogen and oxygen atoms in total. The molecule has 0 saturated carbocycles. The van der Waals surface area contributed by atoms with Crippen molar-refractivity contribution in [3.05, 3.63) is 94.0 Å². The molecule has 1 aliphatic rings. The highest BCUT2D eigenvalue weighted by Gasteiger charge is 2.21. The first-order valence-corrected chi connectivity index (χ1v) is 10.6. The van der Waals surface area contributed by atoms with E-state index in [1.165, 1.54) is 7.11 Å². The summed E-state index contributed by atoms with van der Waals surface area (Å²) in [6.07, 6.45) is 3.42. The Labute approximate surface area is 191 Å². The normalized spacial score (nSPS) is 14.1. The fourth-order valence-electron chi connectivity index (χ4n) is 3.64. The van der Waals surface area contributed by atoms with Crippen LogP contribution in [0.25, 0.3) is 6.08 Å². The molecule has 0 aliphatic heterocycles. The summed E-state index contributed by atoms with van der Waals surface area (Å²) in [5.41, 5.74) is 3.97. The number of rotatable bonds is 6. The van der Waals surface area contributed by atoms with E-state index < -0.39 is 0 Å². The molecular weight excluding hydrogens is 426 g/mol. The maximum atomic E-state index is 12.8. The number of methoxy groups -OCH3 is 1. The molecule has 0 unspecified atom stereocenters. The molecule has 0 spiro atoms. The van der Waals surface area contributed by atoms with Crippen LogP contribution in [0.15, 0.2) is 72.3 Å². The molecule has 0 atom stereocenters. The predicted molar refractivity (Wildman–Crippen MR) is 126 cm³/mol. The van der Waals surface area contributed by atoms with Gasteiger partial charge in [-0.3, -0.25) is 9.59 Å². The van der Waals surface area contributed by atoms with Crippen LogP contribution in [0.2, 0.25) is 5.02 Å².